The molecule has 0 aliphatic heterocycles. The molecule has 0 aliphatic carbocycles. The van der Waals surface area contributed by atoms with Crippen molar-refractivity contribution in [1.82, 2.24) is 9.97 Å². The van der Waals surface area contributed by atoms with Crippen LogP contribution in [0, 0.1) is 13.8 Å². The minimum atomic E-state index is 0.300. The molecule has 2 heterocycles. The first-order valence-electron chi connectivity index (χ1n) is 10.7. The van der Waals surface area contributed by atoms with E-state index in [1.165, 1.54) is 14.2 Å². The van der Waals surface area contributed by atoms with Gasteiger partial charge < -0.3 is 9.47 Å². The summed E-state index contributed by atoms with van der Waals surface area (Å²) < 4.78 is 10.6. The predicted molar refractivity (Wildman–Crippen MR) is 132 cm³/mol. The van der Waals surface area contributed by atoms with E-state index in [9.17, 15) is 9.59 Å². The Morgan fingerprint density at radius 1 is 0.588 bits per heavy atom. The molecule has 4 aromatic rings. The Bertz CT molecular complexity index is 1290. The number of nitrogens with zero attached hydrogens (tertiary/aromatic N) is 2. The number of pyridine rings is 2. The van der Waals surface area contributed by atoms with E-state index in [2.05, 4.69) is 35.9 Å². The molecule has 34 heavy (non-hydrogen) atoms. The van der Waals surface area contributed by atoms with E-state index >= 15 is 0 Å². The molecule has 0 spiro atoms. The van der Waals surface area contributed by atoms with Crippen LogP contribution >= 0.6 is 0 Å². The molecule has 2 aromatic heterocycles. The van der Waals surface area contributed by atoms with E-state index < -0.39 is 0 Å². The predicted octanol–water partition coefficient (Wildman–Crippen LogP) is 5.74. The summed E-state index contributed by atoms with van der Waals surface area (Å²) >= 11 is 0. The number of aldehydes is 2. The topological polar surface area (TPSA) is 78.4 Å². The van der Waals surface area contributed by atoms with Crippen LogP contribution in [-0.2, 0) is 0 Å². The Morgan fingerprint density at radius 3 is 1.32 bits per heavy atom. The van der Waals surface area contributed by atoms with Crippen molar-refractivity contribution in [3.63, 3.8) is 0 Å². The van der Waals surface area contributed by atoms with Gasteiger partial charge in [-0.3, -0.25) is 9.59 Å². The molecule has 0 radical (unpaired) electrons. The number of carbonyl (C=O) groups excluding carboxylic acids is 2. The van der Waals surface area contributed by atoms with E-state index in [-0.39, 0.29) is 0 Å². The Kier molecular flexibility index (Phi) is 6.50. The highest BCUT2D eigenvalue weighted by Gasteiger charge is 2.16. The summed E-state index contributed by atoms with van der Waals surface area (Å²) in [6.07, 6.45) is 1.47. The summed E-state index contributed by atoms with van der Waals surface area (Å²) in [5, 5.41) is 0. The quantitative estimate of drug-likeness (QED) is 0.333. The molecular formula is C28H24N2O4. The maximum absolute atomic E-state index is 11.3. The van der Waals surface area contributed by atoms with Crippen LogP contribution in [0.5, 0.6) is 11.8 Å². The van der Waals surface area contributed by atoms with Gasteiger partial charge in [0.2, 0.25) is 11.8 Å². The lowest BCUT2D eigenvalue weighted by Crippen LogP contribution is -1.99. The number of benzene rings is 2. The number of hydrogen-bond donors (Lipinski definition) is 0. The summed E-state index contributed by atoms with van der Waals surface area (Å²) in [7, 11) is 3.00. The van der Waals surface area contributed by atoms with Crippen molar-refractivity contribution in [3.05, 3.63) is 82.9 Å². The SMILES string of the molecule is COc1nc(-c2cccc(-c3cccc(-c4ccc(C=O)c(OC)n4)c3C)c2C)ccc1C=O. The molecule has 0 atom stereocenters. The lowest BCUT2D eigenvalue weighted by atomic mass is 9.89. The standard InChI is InChI=1S/C28H24N2O4/c1-17-21(7-5-9-23(17)25-13-11-19(15-31)27(29-25)33-3)22-8-6-10-24(18(22)2)26-14-12-20(16-32)28(30-26)34-4/h5-16H,1-4H3. The van der Waals surface area contributed by atoms with Crippen LogP contribution in [0.3, 0.4) is 0 Å². The van der Waals surface area contributed by atoms with E-state index in [1.807, 2.05) is 36.4 Å². The van der Waals surface area contributed by atoms with Crippen molar-refractivity contribution in [2.45, 2.75) is 13.8 Å². The number of hydrogen-bond acceptors (Lipinski definition) is 6. The first-order valence-corrected chi connectivity index (χ1v) is 10.7. The average molecular weight is 453 g/mol. The Labute approximate surface area is 198 Å². The molecule has 0 N–H and O–H groups in total. The smallest absolute Gasteiger partial charge is 0.224 e. The average Bonchev–Trinajstić information content (AvgIpc) is 2.88. The number of ether oxygens (including phenoxy) is 2. The largest absolute Gasteiger partial charge is 0.480 e. The second kappa shape index (κ2) is 9.67. The lowest BCUT2D eigenvalue weighted by molar-refractivity contribution is 0.111. The van der Waals surface area contributed by atoms with Crippen LogP contribution in [0.25, 0.3) is 33.6 Å². The summed E-state index contributed by atoms with van der Waals surface area (Å²) in [6, 6.07) is 19.2. The molecule has 0 saturated carbocycles. The normalized spacial score (nSPS) is 10.6. The van der Waals surface area contributed by atoms with Gasteiger partial charge >= 0.3 is 0 Å². The summed E-state index contributed by atoms with van der Waals surface area (Å²) in [6.45, 7) is 4.11. The highest BCUT2D eigenvalue weighted by Crippen LogP contribution is 2.37. The highest BCUT2D eigenvalue weighted by molar-refractivity contribution is 5.85. The van der Waals surface area contributed by atoms with E-state index in [1.54, 1.807) is 12.1 Å². The second-order valence-electron chi connectivity index (χ2n) is 7.78. The van der Waals surface area contributed by atoms with Crippen molar-refractivity contribution in [3.8, 4) is 45.4 Å². The summed E-state index contributed by atoms with van der Waals surface area (Å²) in [5.74, 6) is 0.601. The van der Waals surface area contributed by atoms with E-state index in [0.717, 1.165) is 57.3 Å². The Hall–Kier alpha value is -4.32. The van der Waals surface area contributed by atoms with Gasteiger partial charge in [-0.15, -0.1) is 0 Å². The molecule has 6 nitrogen and oxygen atoms in total. The Balaban J connectivity index is 1.83. The first kappa shape index (κ1) is 22.9. The van der Waals surface area contributed by atoms with Crippen molar-refractivity contribution < 1.29 is 19.1 Å². The van der Waals surface area contributed by atoms with Gasteiger partial charge in [-0.1, -0.05) is 36.4 Å². The lowest BCUT2D eigenvalue weighted by Gasteiger charge is -2.16. The monoisotopic (exact) mass is 452 g/mol. The zero-order valence-corrected chi connectivity index (χ0v) is 19.5. The molecule has 0 saturated heterocycles. The molecule has 2 aromatic carbocycles. The van der Waals surface area contributed by atoms with Gasteiger partial charge in [0.05, 0.1) is 36.7 Å². The minimum Gasteiger partial charge on any atom is -0.480 e. The fraction of sp³-hybridized carbons (Fsp3) is 0.143. The van der Waals surface area contributed by atoms with Gasteiger partial charge in [0.25, 0.3) is 0 Å². The van der Waals surface area contributed by atoms with Crippen molar-refractivity contribution >= 4 is 12.6 Å². The number of methoxy groups -OCH3 is 2. The highest BCUT2D eigenvalue weighted by atomic mass is 16.5. The van der Waals surface area contributed by atoms with E-state index in [0.29, 0.717) is 22.9 Å². The maximum Gasteiger partial charge on any atom is 0.224 e. The third-order valence-corrected chi connectivity index (χ3v) is 5.93. The minimum absolute atomic E-state index is 0.300. The Morgan fingerprint density at radius 2 is 0.971 bits per heavy atom. The van der Waals surface area contributed by atoms with Gasteiger partial charge in [0, 0.05) is 11.1 Å². The first-order chi connectivity index (χ1) is 16.5. The summed E-state index contributed by atoms with van der Waals surface area (Å²) in [4.78, 5) is 31.6. The van der Waals surface area contributed by atoms with Crippen LogP contribution in [0.2, 0.25) is 0 Å². The van der Waals surface area contributed by atoms with Gasteiger partial charge in [-0.2, -0.15) is 0 Å². The van der Waals surface area contributed by atoms with Crippen LogP contribution in [0.1, 0.15) is 31.8 Å². The third-order valence-electron chi connectivity index (χ3n) is 5.93. The number of aromatic nitrogens is 2. The molecule has 0 bridgehead atoms. The fourth-order valence-corrected chi connectivity index (χ4v) is 4.12. The number of carbonyl (C=O) groups is 2. The second-order valence-corrected chi connectivity index (χ2v) is 7.78. The molecule has 6 heteroatoms. The zero-order valence-electron chi connectivity index (χ0n) is 19.5. The van der Waals surface area contributed by atoms with Crippen molar-refractivity contribution in [2.24, 2.45) is 0 Å². The van der Waals surface area contributed by atoms with Gasteiger partial charge in [0.1, 0.15) is 0 Å². The number of rotatable bonds is 7. The van der Waals surface area contributed by atoms with Crippen molar-refractivity contribution in [2.75, 3.05) is 14.2 Å². The molecule has 0 unspecified atom stereocenters. The van der Waals surface area contributed by atoms with Gasteiger partial charge in [0.15, 0.2) is 12.6 Å². The zero-order chi connectivity index (χ0) is 24.2. The molecule has 0 amide bonds. The van der Waals surface area contributed by atoms with Crippen molar-refractivity contribution in [1.29, 1.82) is 0 Å². The third kappa shape index (κ3) is 4.06. The molecule has 0 fully saturated rings. The van der Waals surface area contributed by atoms with Gasteiger partial charge in [-0.25, -0.2) is 9.97 Å². The van der Waals surface area contributed by atoms with Gasteiger partial charge in [-0.05, 0) is 60.4 Å². The summed E-state index contributed by atoms with van der Waals surface area (Å²) in [5.41, 5.74) is 8.41. The fourth-order valence-electron chi connectivity index (χ4n) is 4.12. The molecular weight excluding hydrogens is 428 g/mol. The molecule has 170 valence electrons. The molecule has 0 aliphatic rings. The molecule has 4 rings (SSSR count). The van der Waals surface area contributed by atoms with Crippen LogP contribution < -0.4 is 9.47 Å². The van der Waals surface area contributed by atoms with E-state index in [4.69, 9.17) is 9.47 Å². The van der Waals surface area contributed by atoms with Crippen LogP contribution in [-0.4, -0.2) is 36.8 Å². The maximum atomic E-state index is 11.3. The van der Waals surface area contributed by atoms with Crippen LogP contribution in [0.4, 0.5) is 0 Å². The van der Waals surface area contributed by atoms with Crippen LogP contribution in [0.15, 0.2) is 60.7 Å².